The zero-order valence-electron chi connectivity index (χ0n) is 8.88. The maximum Gasteiger partial charge on any atom is 0.418 e. The molecule has 1 aromatic rings. The smallest absolute Gasteiger partial charge is 0.325 e. The lowest BCUT2D eigenvalue weighted by Gasteiger charge is -2.14. The third kappa shape index (κ3) is 3.51. The summed E-state index contributed by atoms with van der Waals surface area (Å²) in [5, 5.41) is 0. The summed E-state index contributed by atoms with van der Waals surface area (Å²) in [6, 6.07) is 0.0129. The van der Waals surface area contributed by atoms with Crippen molar-refractivity contribution in [1.29, 1.82) is 0 Å². The van der Waals surface area contributed by atoms with E-state index in [1.807, 2.05) is 0 Å². The van der Waals surface area contributed by atoms with Gasteiger partial charge in [0.1, 0.15) is 10.6 Å². The topological polar surface area (TPSA) is 73.0 Å². The van der Waals surface area contributed by atoms with Crippen LogP contribution < -0.4 is 5.73 Å². The summed E-state index contributed by atoms with van der Waals surface area (Å²) in [6.45, 7) is -0.781. The van der Waals surface area contributed by atoms with Gasteiger partial charge in [-0.05, 0) is 6.07 Å². The molecule has 4 nitrogen and oxygen atoms in total. The maximum atomic E-state index is 12.6. The van der Waals surface area contributed by atoms with E-state index in [0.717, 1.165) is 0 Å². The van der Waals surface area contributed by atoms with E-state index < -0.39 is 50.0 Å². The van der Waals surface area contributed by atoms with Gasteiger partial charge in [0, 0.05) is 17.2 Å². The van der Waals surface area contributed by atoms with Crippen molar-refractivity contribution in [2.75, 3.05) is 0 Å². The molecule has 1 heterocycles. The molecule has 11 heteroatoms. The number of halogens is 6. The molecule has 0 saturated carbocycles. The number of aromatic nitrogens is 1. The zero-order valence-corrected chi connectivity index (χ0v) is 10.5. The molecule has 0 unspecified atom stereocenters. The maximum absolute atomic E-state index is 12.6. The van der Waals surface area contributed by atoms with Crippen LogP contribution in [0.5, 0.6) is 0 Å². The number of rotatable bonds is 3. The van der Waals surface area contributed by atoms with Gasteiger partial charge in [-0.25, -0.2) is 22.2 Å². The van der Waals surface area contributed by atoms with Gasteiger partial charge in [-0.3, -0.25) is 0 Å². The lowest BCUT2D eigenvalue weighted by atomic mass is 10.1. The van der Waals surface area contributed by atoms with Gasteiger partial charge in [0.15, 0.2) is 0 Å². The molecule has 0 fully saturated rings. The quantitative estimate of drug-likeness (QED) is 0.684. The molecule has 0 aromatic carbocycles. The second-order valence-electron chi connectivity index (χ2n) is 3.31. The van der Waals surface area contributed by atoms with Crippen LogP contribution in [0.15, 0.2) is 11.0 Å². The molecule has 2 N–H and O–H groups in total. The van der Waals surface area contributed by atoms with Crippen molar-refractivity contribution < 1.29 is 30.4 Å². The fourth-order valence-corrected chi connectivity index (χ4v) is 2.32. The molecule has 0 aliphatic heterocycles. The van der Waals surface area contributed by atoms with E-state index in [-0.39, 0.29) is 6.07 Å². The van der Waals surface area contributed by atoms with E-state index in [0.29, 0.717) is 0 Å². The van der Waals surface area contributed by atoms with Crippen molar-refractivity contribution in [2.45, 2.75) is 24.0 Å². The first-order chi connectivity index (χ1) is 8.48. The van der Waals surface area contributed by atoms with Gasteiger partial charge in [-0.2, -0.15) is 13.2 Å². The molecule has 108 valence electrons. The average Bonchev–Trinajstić information content (AvgIpc) is 2.24. The average molecular weight is 325 g/mol. The summed E-state index contributed by atoms with van der Waals surface area (Å²) in [7, 11) is 0.0283. The van der Waals surface area contributed by atoms with Gasteiger partial charge in [0.25, 0.3) is 15.5 Å². The highest BCUT2D eigenvalue weighted by Gasteiger charge is 2.37. The lowest BCUT2D eigenvalue weighted by molar-refractivity contribution is -0.138. The van der Waals surface area contributed by atoms with Crippen molar-refractivity contribution >= 4 is 19.7 Å². The predicted octanol–water partition coefficient (Wildman–Crippen LogP) is 2.42. The fraction of sp³-hybridized carbons (Fsp3) is 0.375. The predicted molar refractivity (Wildman–Crippen MR) is 55.1 cm³/mol. The first-order valence-electron chi connectivity index (χ1n) is 4.52. The highest BCUT2D eigenvalue weighted by molar-refractivity contribution is 8.13. The Labute approximate surface area is 108 Å². The number of nitrogens with zero attached hydrogens (tertiary/aromatic N) is 1. The van der Waals surface area contributed by atoms with Gasteiger partial charge in [-0.15, -0.1) is 0 Å². The number of hydrogen-bond acceptors (Lipinski definition) is 4. The van der Waals surface area contributed by atoms with Crippen LogP contribution in [0, 0.1) is 0 Å². The zero-order chi connectivity index (χ0) is 15.0. The molecular weight excluding hydrogens is 319 g/mol. The van der Waals surface area contributed by atoms with E-state index >= 15 is 0 Å². The first kappa shape index (κ1) is 16.1. The monoisotopic (exact) mass is 324 g/mol. The molecule has 0 aliphatic carbocycles. The molecule has 0 radical (unpaired) electrons. The van der Waals surface area contributed by atoms with Crippen molar-refractivity contribution in [2.24, 2.45) is 5.73 Å². The van der Waals surface area contributed by atoms with Crippen LogP contribution >= 0.6 is 10.7 Å². The third-order valence-electron chi connectivity index (χ3n) is 2.06. The number of pyridine rings is 1. The van der Waals surface area contributed by atoms with Crippen LogP contribution in [0.1, 0.15) is 23.4 Å². The Morgan fingerprint density at radius 2 is 1.89 bits per heavy atom. The van der Waals surface area contributed by atoms with E-state index in [9.17, 15) is 30.4 Å². The highest BCUT2D eigenvalue weighted by Crippen LogP contribution is 2.36. The van der Waals surface area contributed by atoms with Gasteiger partial charge in [0.05, 0.1) is 11.3 Å². The summed E-state index contributed by atoms with van der Waals surface area (Å²) in [5.74, 6) is 0. The Morgan fingerprint density at radius 1 is 1.37 bits per heavy atom. The summed E-state index contributed by atoms with van der Waals surface area (Å²) >= 11 is 0. The van der Waals surface area contributed by atoms with E-state index in [4.69, 9.17) is 16.4 Å². The molecular formula is C8H6ClF5N2O2S. The fourth-order valence-electron chi connectivity index (χ4n) is 1.30. The minimum Gasteiger partial charge on any atom is -0.325 e. The first-order valence-corrected chi connectivity index (χ1v) is 6.83. The largest absolute Gasteiger partial charge is 0.418 e. The molecule has 19 heavy (non-hydrogen) atoms. The molecule has 1 aromatic heterocycles. The second-order valence-corrected chi connectivity index (χ2v) is 5.84. The summed E-state index contributed by atoms with van der Waals surface area (Å²) in [4.78, 5) is 1.58. The number of alkyl halides is 5. The van der Waals surface area contributed by atoms with Gasteiger partial charge < -0.3 is 5.73 Å². The van der Waals surface area contributed by atoms with Crippen molar-refractivity contribution in [3.8, 4) is 0 Å². The number of hydrogen-bond donors (Lipinski definition) is 1. The van der Waals surface area contributed by atoms with Crippen molar-refractivity contribution in [3.63, 3.8) is 0 Å². The van der Waals surface area contributed by atoms with Crippen LogP contribution in [0.25, 0.3) is 0 Å². The minimum atomic E-state index is -4.99. The lowest BCUT2D eigenvalue weighted by Crippen LogP contribution is -2.17. The highest BCUT2D eigenvalue weighted by atomic mass is 35.7. The Bertz CT molecular complexity index is 588. The Balaban J connectivity index is 3.72. The Kier molecular flexibility index (Phi) is 4.37. The molecule has 0 spiro atoms. The second kappa shape index (κ2) is 5.17. The standard InChI is InChI=1S/C8H6ClF5N2O2S/c9-19(17,18)5-1-3(8(12,13)14)4(2-15)16-6(5)7(10)11/h1,7H,2,15H2. The van der Waals surface area contributed by atoms with Crippen molar-refractivity contribution in [3.05, 3.63) is 23.0 Å². The Hall–Kier alpha value is -1.00. The molecule has 1 rings (SSSR count). The molecule has 0 saturated heterocycles. The van der Waals surface area contributed by atoms with Crippen LogP contribution in [0.2, 0.25) is 0 Å². The van der Waals surface area contributed by atoms with Gasteiger partial charge >= 0.3 is 6.18 Å². The SMILES string of the molecule is NCc1nc(C(F)F)c(S(=O)(=O)Cl)cc1C(F)(F)F. The molecule has 0 aliphatic rings. The molecule has 0 amide bonds. The van der Waals surface area contributed by atoms with E-state index in [2.05, 4.69) is 4.98 Å². The van der Waals surface area contributed by atoms with Gasteiger partial charge in [-0.1, -0.05) is 0 Å². The summed E-state index contributed by atoms with van der Waals surface area (Å²) < 4.78 is 85.1. The van der Waals surface area contributed by atoms with Crippen LogP contribution in [0.3, 0.4) is 0 Å². The molecule has 0 bridgehead atoms. The Morgan fingerprint density at radius 3 is 2.21 bits per heavy atom. The van der Waals surface area contributed by atoms with Crippen LogP contribution in [-0.2, 0) is 21.8 Å². The van der Waals surface area contributed by atoms with Crippen LogP contribution in [-0.4, -0.2) is 13.4 Å². The van der Waals surface area contributed by atoms with E-state index in [1.165, 1.54) is 0 Å². The normalized spacial score (nSPS) is 13.1. The van der Waals surface area contributed by atoms with Gasteiger partial charge in [0.2, 0.25) is 0 Å². The number of nitrogens with two attached hydrogens (primary N) is 1. The molecule has 0 atom stereocenters. The third-order valence-corrected chi connectivity index (χ3v) is 3.41. The summed E-state index contributed by atoms with van der Waals surface area (Å²) in [5.41, 5.74) is 1.23. The minimum absolute atomic E-state index is 0.0129. The van der Waals surface area contributed by atoms with Crippen molar-refractivity contribution in [1.82, 2.24) is 4.98 Å². The van der Waals surface area contributed by atoms with E-state index in [1.54, 1.807) is 0 Å². The van der Waals surface area contributed by atoms with Crippen LogP contribution in [0.4, 0.5) is 22.0 Å². The summed E-state index contributed by atoms with van der Waals surface area (Å²) in [6.07, 6.45) is -8.39.